The van der Waals surface area contributed by atoms with E-state index in [1.54, 1.807) is 0 Å². The average Bonchev–Trinajstić information content (AvgIpc) is 2.49. The number of nitrogens with one attached hydrogen (secondary N) is 1. The summed E-state index contributed by atoms with van der Waals surface area (Å²) in [5.74, 6) is 3.48. The summed E-state index contributed by atoms with van der Waals surface area (Å²) in [7, 11) is 0. The van der Waals surface area contributed by atoms with Crippen molar-refractivity contribution in [2.45, 2.75) is 6.61 Å². The standard InChI is InChI=1S/C14H11ClF2N2O2/c15-11-3-2-10(6-13(11)17)21-7-9-5-8(14(20)19-18)1-4-12(9)16/h1-6H,7,18H2,(H,19,20). The molecule has 0 aliphatic rings. The fourth-order valence-electron chi connectivity index (χ4n) is 1.64. The Morgan fingerprint density at radius 2 is 1.95 bits per heavy atom. The van der Waals surface area contributed by atoms with Crippen molar-refractivity contribution in [2.75, 3.05) is 0 Å². The van der Waals surface area contributed by atoms with Crippen LogP contribution in [0.3, 0.4) is 0 Å². The van der Waals surface area contributed by atoms with Gasteiger partial charge in [-0.1, -0.05) is 11.6 Å². The zero-order valence-corrected chi connectivity index (χ0v) is 11.5. The quantitative estimate of drug-likeness (QED) is 0.518. The molecule has 2 aromatic rings. The molecule has 0 saturated carbocycles. The largest absolute Gasteiger partial charge is 0.489 e. The summed E-state index contributed by atoms with van der Waals surface area (Å²) in [4.78, 5) is 11.4. The van der Waals surface area contributed by atoms with Gasteiger partial charge in [0, 0.05) is 17.2 Å². The van der Waals surface area contributed by atoms with Crippen LogP contribution in [0.2, 0.25) is 5.02 Å². The summed E-state index contributed by atoms with van der Waals surface area (Å²) < 4.78 is 32.2. The molecule has 0 bridgehead atoms. The van der Waals surface area contributed by atoms with E-state index in [0.29, 0.717) is 0 Å². The number of benzene rings is 2. The highest BCUT2D eigenvalue weighted by atomic mass is 35.5. The van der Waals surface area contributed by atoms with E-state index in [9.17, 15) is 13.6 Å². The first-order valence-electron chi connectivity index (χ1n) is 5.88. The molecule has 0 spiro atoms. The molecular weight excluding hydrogens is 302 g/mol. The van der Waals surface area contributed by atoms with Crippen LogP contribution in [0.15, 0.2) is 36.4 Å². The van der Waals surface area contributed by atoms with E-state index in [1.165, 1.54) is 24.3 Å². The van der Waals surface area contributed by atoms with Gasteiger partial charge in [-0.2, -0.15) is 0 Å². The van der Waals surface area contributed by atoms with Crippen LogP contribution >= 0.6 is 11.6 Å². The number of hydrogen-bond acceptors (Lipinski definition) is 3. The number of carbonyl (C=O) groups excluding carboxylic acids is 1. The topological polar surface area (TPSA) is 64.3 Å². The number of carbonyl (C=O) groups is 1. The molecule has 0 aromatic heterocycles. The van der Waals surface area contributed by atoms with Crippen molar-refractivity contribution in [2.24, 2.45) is 5.84 Å². The molecule has 2 aromatic carbocycles. The Hall–Kier alpha value is -2.18. The Bertz CT molecular complexity index is 680. The van der Waals surface area contributed by atoms with Gasteiger partial charge < -0.3 is 4.74 Å². The normalized spacial score (nSPS) is 10.3. The van der Waals surface area contributed by atoms with Gasteiger partial charge in [0.25, 0.3) is 5.91 Å². The summed E-state index contributed by atoms with van der Waals surface area (Å²) in [5.41, 5.74) is 2.29. The Morgan fingerprint density at radius 3 is 2.62 bits per heavy atom. The SMILES string of the molecule is NNC(=O)c1ccc(F)c(COc2ccc(Cl)c(F)c2)c1. The van der Waals surface area contributed by atoms with Gasteiger partial charge in [-0.15, -0.1) is 0 Å². The number of nitrogens with two attached hydrogens (primary N) is 1. The van der Waals surface area contributed by atoms with Crippen LogP contribution in [0, 0.1) is 11.6 Å². The Kier molecular flexibility index (Phi) is 4.72. The highest BCUT2D eigenvalue weighted by molar-refractivity contribution is 6.30. The van der Waals surface area contributed by atoms with Gasteiger partial charge >= 0.3 is 0 Å². The van der Waals surface area contributed by atoms with Crippen LogP contribution < -0.4 is 16.0 Å². The molecule has 0 aliphatic carbocycles. The molecule has 4 nitrogen and oxygen atoms in total. The third-order valence-electron chi connectivity index (χ3n) is 2.72. The van der Waals surface area contributed by atoms with Crippen LogP contribution in [0.25, 0.3) is 0 Å². The molecule has 0 aliphatic heterocycles. The van der Waals surface area contributed by atoms with Crippen molar-refractivity contribution in [3.05, 3.63) is 64.2 Å². The van der Waals surface area contributed by atoms with Crippen LogP contribution in [-0.2, 0) is 6.61 Å². The fraction of sp³-hybridized carbons (Fsp3) is 0.0714. The van der Waals surface area contributed by atoms with Gasteiger partial charge in [0.05, 0.1) is 5.02 Å². The third kappa shape index (κ3) is 3.68. The minimum absolute atomic E-state index is 0.0323. The molecule has 0 atom stereocenters. The van der Waals surface area contributed by atoms with E-state index >= 15 is 0 Å². The number of hydrazine groups is 1. The summed E-state index contributed by atoms with van der Waals surface area (Å²) in [6.07, 6.45) is 0. The molecule has 21 heavy (non-hydrogen) atoms. The van der Waals surface area contributed by atoms with Crippen LogP contribution in [0.1, 0.15) is 15.9 Å². The molecule has 0 saturated heterocycles. The number of amides is 1. The molecule has 110 valence electrons. The van der Waals surface area contributed by atoms with E-state index in [4.69, 9.17) is 22.2 Å². The lowest BCUT2D eigenvalue weighted by Crippen LogP contribution is -2.30. The van der Waals surface area contributed by atoms with Gasteiger partial charge in [0.15, 0.2) is 0 Å². The average molecular weight is 313 g/mol. The predicted octanol–water partition coefficient (Wildman–Crippen LogP) is 2.80. The van der Waals surface area contributed by atoms with Crippen molar-refractivity contribution >= 4 is 17.5 Å². The van der Waals surface area contributed by atoms with Crippen molar-refractivity contribution in [1.29, 1.82) is 0 Å². The maximum Gasteiger partial charge on any atom is 0.265 e. The van der Waals surface area contributed by atoms with E-state index in [1.807, 2.05) is 5.43 Å². The minimum Gasteiger partial charge on any atom is -0.489 e. The van der Waals surface area contributed by atoms with E-state index in [0.717, 1.165) is 12.1 Å². The molecule has 0 fully saturated rings. The Morgan fingerprint density at radius 1 is 1.19 bits per heavy atom. The highest BCUT2D eigenvalue weighted by Gasteiger charge is 2.10. The van der Waals surface area contributed by atoms with Crippen LogP contribution in [0.5, 0.6) is 5.75 Å². The Labute approximate surface area is 124 Å². The lowest BCUT2D eigenvalue weighted by atomic mass is 10.1. The first kappa shape index (κ1) is 15.2. The van der Waals surface area contributed by atoms with Gasteiger partial charge in [0.1, 0.15) is 24.0 Å². The second kappa shape index (κ2) is 6.51. The number of hydrogen-bond donors (Lipinski definition) is 2. The molecule has 1 amide bonds. The predicted molar refractivity (Wildman–Crippen MR) is 73.8 cm³/mol. The number of halogens is 3. The minimum atomic E-state index is -0.633. The first-order chi connectivity index (χ1) is 10.0. The summed E-state index contributed by atoms with van der Waals surface area (Å²) in [6, 6.07) is 7.62. The summed E-state index contributed by atoms with van der Waals surface area (Å²) in [5, 5.41) is -0.0323. The maximum absolute atomic E-state index is 13.6. The lowest BCUT2D eigenvalue weighted by molar-refractivity contribution is 0.0953. The van der Waals surface area contributed by atoms with Crippen molar-refractivity contribution in [3.8, 4) is 5.75 Å². The molecule has 0 unspecified atom stereocenters. The van der Waals surface area contributed by atoms with E-state index < -0.39 is 17.5 Å². The Balaban J connectivity index is 2.15. The van der Waals surface area contributed by atoms with Crippen LogP contribution in [-0.4, -0.2) is 5.91 Å². The van der Waals surface area contributed by atoms with Gasteiger partial charge in [0.2, 0.25) is 0 Å². The van der Waals surface area contributed by atoms with Gasteiger partial charge in [-0.05, 0) is 30.3 Å². The van der Waals surface area contributed by atoms with Crippen molar-refractivity contribution < 1.29 is 18.3 Å². The highest BCUT2D eigenvalue weighted by Crippen LogP contribution is 2.22. The monoisotopic (exact) mass is 312 g/mol. The second-order valence-corrected chi connectivity index (χ2v) is 4.55. The van der Waals surface area contributed by atoms with Crippen molar-refractivity contribution in [1.82, 2.24) is 5.43 Å². The molecule has 0 radical (unpaired) electrons. The zero-order valence-electron chi connectivity index (χ0n) is 10.7. The van der Waals surface area contributed by atoms with E-state index in [2.05, 4.69) is 0 Å². The number of ether oxygens (including phenoxy) is 1. The molecule has 7 heteroatoms. The number of nitrogen functional groups attached to an aromatic ring is 1. The zero-order chi connectivity index (χ0) is 15.4. The summed E-state index contributed by atoms with van der Waals surface area (Å²) in [6.45, 7) is -0.168. The molecule has 0 heterocycles. The van der Waals surface area contributed by atoms with Crippen LogP contribution in [0.4, 0.5) is 8.78 Å². The van der Waals surface area contributed by atoms with Crippen molar-refractivity contribution in [3.63, 3.8) is 0 Å². The molecule has 3 N–H and O–H groups in total. The fourth-order valence-corrected chi connectivity index (χ4v) is 1.76. The maximum atomic E-state index is 13.6. The smallest absolute Gasteiger partial charge is 0.265 e. The third-order valence-corrected chi connectivity index (χ3v) is 3.03. The van der Waals surface area contributed by atoms with Gasteiger partial charge in [-0.3, -0.25) is 10.2 Å². The van der Waals surface area contributed by atoms with E-state index in [-0.39, 0.29) is 28.5 Å². The second-order valence-electron chi connectivity index (χ2n) is 4.14. The summed E-state index contributed by atoms with van der Waals surface area (Å²) >= 11 is 5.55. The molecular formula is C14H11ClF2N2O2. The lowest BCUT2D eigenvalue weighted by Gasteiger charge is -2.09. The molecule has 2 rings (SSSR count). The van der Waals surface area contributed by atoms with Gasteiger partial charge in [-0.25, -0.2) is 14.6 Å². The number of rotatable bonds is 4. The first-order valence-corrected chi connectivity index (χ1v) is 6.26.